The summed E-state index contributed by atoms with van der Waals surface area (Å²) in [7, 11) is 0. The molecule has 0 spiro atoms. The summed E-state index contributed by atoms with van der Waals surface area (Å²) < 4.78 is 4.96. The van der Waals surface area contributed by atoms with Gasteiger partial charge in [0.2, 0.25) is 11.4 Å². The van der Waals surface area contributed by atoms with Gasteiger partial charge in [-0.1, -0.05) is 51.9 Å². The van der Waals surface area contributed by atoms with E-state index in [2.05, 4.69) is 6.92 Å². The predicted molar refractivity (Wildman–Crippen MR) is 81.4 cm³/mol. The Kier molecular flexibility index (Phi) is 7.68. The lowest BCUT2D eigenvalue weighted by Gasteiger charge is -2.31. The van der Waals surface area contributed by atoms with E-state index >= 15 is 0 Å². The topological polar surface area (TPSA) is 107 Å². The minimum absolute atomic E-state index is 0.172. The third-order valence-corrected chi connectivity index (χ3v) is 4.21. The van der Waals surface area contributed by atoms with Gasteiger partial charge in [-0.25, -0.2) is 4.79 Å². The van der Waals surface area contributed by atoms with Gasteiger partial charge in [-0.15, -0.1) is 0 Å². The number of carbonyl (C=O) groups is 1. The summed E-state index contributed by atoms with van der Waals surface area (Å²) >= 11 is 0. The molecule has 1 rings (SSSR count). The lowest BCUT2D eigenvalue weighted by atomic mass is 9.88. The number of rotatable bonds is 11. The van der Waals surface area contributed by atoms with Gasteiger partial charge in [-0.3, -0.25) is 0 Å². The molecule has 0 aromatic carbocycles. The first-order valence-corrected chi connectivity index (χ1v) is 8.14. The number of unbranched alkanes of at least 4 members (excludes halogenated alkanes) is 7. The standard InChI is InChI=1S/C16H28O6/c1-2-3-4-5-6-7-8-9-10-16(12(18)11-17)14(20)13(19)15(21)22-16/h12,17-20H,2-11H2,1H3/t12-,16+/m0/s1. The zero-order valence-corrected chi connectivity index (χ0v) is 13.3. The molecule has 1 aliphatic heterocycles. The average molecular weight is 316 g/mol. The third kappa shape index (κ3) is 4.36. The van der Waals surface area contributed by atoms with Crippen molar-refractivity contribution in [2.45, 2.75) is 76.4 Å². The number of aliphatic hydroxyl groups is 4. The maximum atomic E-state index is 11.4. The van der Waals surface area contributed by atoms with Crippen LogP contribution in [-0.2, 0) is 9.53 Å². The number of esters is 1. The molecule has 0 radical (unpaired) electrons. The van der Waals surface area contributed by atoms with Gasteiger partial charge in [0.1, 0.15) is 6.10 Å². The van der Waals surface area contributed by atoms with Crippen LogP contribution in [0.4, 0.5) is 0 Å². The number of aliphatic hydroxyl groups excluding tert-OH is 4. The van der Waals surface area contributed by atoms with Crippen LogP contribution in [0.5, 0.6) is 0 Å². The van der Waals surface area contributed by atoms with Crippen LogP contribution in [0.1, 0.15) is 64.7 Å². The van der Waals surface area contributed by atoms with E-state index in [1.54, 1.807) is 0 Å². The summed E-state index contributed by atoms with van der Waals surface area (Å²) in [4.78, 5) is 11.4. The van der Waals surface area contributed by atoms with Crippen LogP contribution in [0.25, 0.3) is 0 Å². The van der Waals surface area contributed by atoms with Crippen molar-refractivity contribution in [3.8, 4) is 0 Å². The van der Waals surface area contributed by atoms with Crippen LogP contribution in [-0.4, -0.2) is 44.7 Å². The van der Waals surface area contributed by atoms with Crippen LogP contribution < -0.4 is 0 Å². The van der Waals surface area contributed by atoms with Gasteiger partial charge in [-0.2, -0.15) is 0 Å². The number of hydrogen-bond acceptors (Lipinski definition) is 6. The van der Waals surface area contributed by atoms with E-state index in [9.17, 15) is 20.1 Å². The Morgan fingerprint density at radius 1 is 1.05 bits per heavy atom. The fourth-order valence-electron chi connectivity index (χ4n) is 2.79. The van der Waals surface area contributed by atoms with Crippen molar-refractivity contribution in [2.75, 3.05) is 6.61 Å². The molecule has 0 unspecified atom stereocenters. The van der Waals surface area contributed by atoms with Crippen LogP contribution in [0, 0.1) is 0 Å². The Hall–Kier alpha value is -1.27. The van der Waals surface area contributed by atoms with Crippen molar-refractivity contribution in [1.82, 2.24) is 0 Å². The maximum absolute atomic E-state index is 11.4. The van der Waals surface area contributed by atoms with Crippen LogP contribution >= 0.6 is 0 Å². The zero-order valence-electron chi connectivity index (χ0n) is 13.3. The normalized spacial score (nSPS) is 23.0. The molecule has 0 aromatic heterocycles. The molecule has 1 aliphatic rings. The number of carbonyl (C=O) groups excluding carboxylic acids is 1. The fraction of sp³-hybridized carbons (Fsp3) is 0.812. The van der Waals surface area contributed by atoms with Gasteiger partial charge in [0.15, 0.2) is 5.76 Å². The molecule has 2 atom stereocenters. The first-order chi connectivity index (χ1) is 10.5. The van der Waals surface area contributed by atoms with Gasteiger partial charge >= 0.3 is 5.97 Å². The summed E-state index contributed by atoms with van der Waals surface area (Å²) in [6.45, 7) is 1.51. The Balaban J connectivity index is 2.44. The quantitative estimate of drug-likeness (QED) is 0.344. The summed E-state index contributed by atoms with van der Waals surface area (Å²) in [6.07, 6.45) is 7.26. The molecule has 0 saturated carbocycles. The molecule has 0 aliphatic carbocycles. The highest BCUT2D eigenvalue weighted by Crippen LogP contribution is 2.37. The highest BCUT2D eigenvalue weighted by molar-refractivity contribution is 5.90. The third-order valence-electron chi connectivity index (χ3n) is 4.21. The minimum atomic E-state index is -1.71. The van der Waals surface area contributed by atoms with E-state index in [0.29, 0.717) is 6.42 Å². The molecule has 22 heavy (non-hydrogen) atoms. The van der Waals surface area contributed by atoms with E-state index < -0.39 is 35.8 Å². The molecule has 0 fully saturated rings. The summed E-state index contributed by atoms with van der Waals surface area (Å²) in [6, 6.07) is 0. The summed E-state index contributed by atoms with van der Waals surface area (Å²) in [5.41, 5.74) is -1.71. The molecule has 128 valence electrons. The molecule has 0 saturated heterocycles. The number of cyclic esters (lactones) is 1. The Bertz CT molecular complexity index is 392. The second kappa shape index (κ2) is 9.00. The first kappa shape index (κ1) is 18.8. The summed E-state index contributed by atoms with van der Waals surface area (Å²) in [5.74, 6) is -2.63. The molecule has 4 N–H and O–H groups in total. The summed E-state index contributed by atoms with van der Waals surface area (Å²) in [5, 5.41) is 38.3. The Morgan fingerprint density at radius 3 is 2.05 bits per heavy atom. The number of hydrogen-bond donors (Lipinski definition) is 4. The average Bonchev–Trinajstić information content (AvgIpc) is 2.74. The minimum Gasteiger partial charge on any atom is -0.505 e. The lowest BCUT2D eigenvalue weighted by molar-refractivity contribution is -0.165. The molecular formula is C16H28O6. The van der Waals surface area contributed by atoms with E-state index in [4.69, 9.17) is 9.84 Å². The van der Waals surface area contributed by atoms with E-state index in [-0.39, 0.29) is 6.42 Å². The van der Waals surface area contributed by atoms with Gasteiger partial charge in [0.05, 0.1) is 6.61 Å². The van der Waals surface area contributed by atoms with Gasteiger partial charge in [0.25, 0.3) is 0 Å². The lowest BCUT2D eigenvalue weighted by Crippen LogP contribution is -2.47. The van der Waals surface area contributed by atoms with E-state index in [0.717, 1.165) is 19.3 Å². The second-order valence-corrected chi connectivity index (χ2v) is 5.90. The molecule has 0 bridgehead atoms. The van der Waals surface area contributed by atoms with Crippen LogP contribution in [0.3, 0.4) is 0 Å². The van der Waals surface area contributed by atoms with Crippen molar-refractivity contribution in [3.05, 3.63) is 11.5 Å². The first-order valence-electron chi connectivity index (χ1n) is 8.14. The molecular weight excluding hydrogens is 288 g/mol. The monoisotopic (exact) mass is 316 g/mol. The Labute approximate surface area is 131 Å². The van der Waals surface area contributed by atoms with Crippen molar-refractivity contribution in [1.29, 1.82) is 0 Å². The molecule has 0 aromatic rings. The van der Waals surface area contributed by atoms with Crippen molar-refractivity contribution in [2.24, 2.45) is 0 Å². The predicted octanol–water partition coefficient (Wildman–Crippen LogP) is 2.49. The molecule has 6 nitrogen and oxygen atoms in total. The molecule has 6 heteroatoms. The molecule has 0 amide bonds. The van der Waals surface area contributed by atoms with Crippen molar-refractivity contribution < 1.29 is 30.0 Å². The van der Waals surface area contributed by atoms with Gasteiger partial charge in [-0.05, 0) is 12.8 Å². The fourth-order valence-corrected chi connectivity index (χ4v) is 2.79. The van der Waals surface area contributed by atoms with E-state index in [1.165, 1.54) is 25.7 Å². The SMILES string of the molecule is CCCCCCCCCC[C@]1([C@@H](O)CO)OC(=O)C(O)=C1O. The van der Waals surface area contributed by atoms with Gasteiger partial charge in [0, 0.05) is 0 Å². The zero-order chi connectivity index (χ0) is 16.6. The van der Waals surface area contributed by atoms with Crippen molar-refractivity contribution in [3.63, 3.8) is 0 Å². The molecule has 1 heterocycles. The number of ether oxygens (including phenoxy) is 1. The maximum Gasteiger partial charge on any atom is 0.378 e. The Morgan fingerprint density at radius 2 is 1.59 bits per heavy atom. The van der Waals surface area contributed by atoms with Crippen LogP contribution in [0.2, 0.25) is 0 Å². The second-order valence-electron chi connectivity index (χ2n) is 5.90. The van der Waals surface area contributed by atoms with Crippen LogP contribution in [0.15, 0.2) is 11.5 Å². The smallest absolute Gasteiger partial charge is 0.378 e. The van der Waals surface area contributed by atoms with Gasteiger partial charge < -0.3 is 25.2 Å². The van der Waals surface area contributed by atoms with Crippen molar-refractivity contribution >= 4 is 5.97 Å². The highest BCUT2D eigenvalue weighted by atomic mass is 16.6. The highest BCUT2D eigenvalue weighted by Gasteiger charge is 2.53. The van der Waals surface area contributed by atoms with E-state index in [1.807, 2.05) is 0 Å². The largest absolute Gasteiger partial charge is 0.505 e.